The van der Waals surface area contributed by atoms with Gasteiger partial charge < -0.3 is 0 Å². The number of hydrogen-bond donors (Lipinski definition) is 0. The number of alkyl halides is 4. The molecule has 0 spiro atoms. The third kappa shape index (κ3) is 3.74. The molecule has 1 rings (SSSR count). The number of hydrogen-bond acceptors (Lipinski definition) is 0. The quantitative estimate of drug-likeness (QED) is 0.404. The lowest BCUT2D eigenvalue weighted by atomic mass is 10.1. The molecule has 1 aromatic rings. The van der Waals surface area contributed by atoms with Gasteiger partial charge in [0.1, 0.15) is 5.82 Å². The molecule has 16 heavy (non-hydrogen) atoms. The number of rotatable bonds is 1. The van der Waals surface area contributed by atoms with E-state index in [-0.39, 0.29) is 11.4 Å². The normalized spacial score (nSPS) is 10.8. The van der Waals surface area contributed by atoms with Gasteiger partial charge in [-0.2, -0.15) is 13.2 Å². The summed E-state index contributed by atoms with van der Waals surface area (Å²) in [6.45, 7) is 0. The topological polar surface area (TPSA) is 0 Å². The molecule has 0 N–H and O–H groups in total. The predicted octanol–water partition coefficient (Wildman–Crippen LogP) is 3.82. The van der Waals surface area contributed by atoms with Crippen molar-refractivity contribution in [2.24, 2.45) is 0 Å². The summed E-state index contributed by atoms with van der Waals surface area (Å²) in [5.41, 5.74) is -1.04. The fourth-order valence-corrected chi connectivity index (χ4v) is 1.13. The van der Waals surface area contributed by atoms with Crippen molar-refractivity contribution in [1.29, 1.82) is 0 Å². The monoisotopic (exact) mass is 250 g/mol. The molecule has 0 saturated carbocycles. The highest BCUT2D eigenvalue weighted by atomic mass is 35.5. The summed E-state index contributed by atoms with van der Waals surface area (Å²) in [5, 5.41) is 0. The minimum atomic E-state index is -4.56. The van der Waals surface area contributed by atoms with Crippen molar-refractivity contribution < 1.29 is 17.6 Å². The summed E-state index contributed by atoms with van der Waals surface area (Å²) in [6.07, 6.45) is -4.22. The van der Waals surface area contributed by atoms with Crippen LogP contribution in [-0.2, 0) is 6.18 Å². The summed E-state index contributed by atoms with van der Waals surface area (Å²) in [7, 11) is 0. The molecule has 0 aliphatic heterocycles. The van der Waals surface area contributed by atoms with E-state index in [1.54, 1.807) is 0 Å². The van der Waals surface area contributed by atoms with Crippen LogP contribution < -0.4 is 0 Å². The van der Waals surface area contributed by atoms with E-state index in [4.69, 9.17) is 11.6 Å². The van der Waals surface area contributed by atoms with Crippen LogP contribution in [0.25, 0.3) is 0 Å². The molecular weight excluding hydrogens is 244 g/mol. The molecule has 0 fully saturated rings. The first-order valence-electron chi connectivity index (χ1n) is 4.36. The van der Waals surface area contributed by atoms with Gasteiger partial charge in [0, 0.05) is 17.9 Å². The van der Waals surface area contributed by atoms with Crippen LogP contribution in [0.2, 0.25) is 0 Å². The first-order valence-corrected chi connectivity index (χ1v) is 4.89. The van der Waals surface area contributed by atoms with E-state index in [9.17, 15) is 17.6 Å². The zero-order valence-electron chi connectivity index (χ0n) is 8.04. The van der Waals surface area contributed by atoms with Crippen molar-refractivity contribution in [3.63, 3.8) is 0 Å². The van der Waals surface area contributed by atoms with E-state index in [1.807, 2.05) is 0 Å². The first kappa shape index (κ1) is 12.9. The number of halogens is 5. The fourth-order valence-electron chi connectivity index (χ4n) is 1.04. The Kier molecular flexibility index (Phi) is 4.19. The summed E-state index contributed by atoms with van der Waals surface area (Å²) in [6, 6.07) is 2.20. The lowest BCUT2D eigenvalue weighted by Gasteiger charge is -2.06. The van der Waals surface area contributed by atoms with Crippen molar-refractivity contribution in [1.82, 2.24) is 0 Å². The molecule has 5 heteroatoms. The fraction of sp³-hybridized carbons (Fsp3) is 0.273. The standard InChI is InChI=1S/C11H7ClF4/c12-4-2-1-3-8-5-9(11(14,15)16)7-10(13)6-8/h5-7H,2,4H2. The molecule has 0 radical (unpaired) electrons. The Morgan fingerprint density at radius 2 is 1.88 bits per heavy atom. The Morgan fingerprint density at radius 1 is 1.19 bits per heavy atom. The van der Waals surface area contributed by atoms with Crippen LogP contribution >= 0.6 is 11.6 Å². The van der Waals surface area contributed by atoms with Gasteiger partial charge in [0.2, 0.25) is 0 Å². The Balaban J connectivity index is 3.05. The van der Waals surface area contributed by atoms with E-state index in [0.29, 0.717) is 12.5 Å². The molecule has 0 aromatic heterocycles. The van der Waals surface area contributed by atoms with E-state index in [0.717, 1.165) is 12.1 Å². The molecule has 0 heterocycles. The van der Waals surface area contributed by atoms with E-state index < -0.39 is 17.6 Å². The maximum atomic E-state index is 12.9. The SMILES string of the molecule is Fc1cc(C#CCCCl)cc(C(F)(F)F)c1. The van der Waals surface area contributed by atoms with Gasteiger partial charge in [0.25, 0.3) is 0 Å². The van der Waals surface area contributed by atoms with Crippen LogP contribution in [-0.4, -0.2) is 5.88 Å². The molecule has 0 aliphatic rings. The third-order valence-electron chi connectivity index (χ3n) is 1.68. The van der Waals surface area contributed by atoms with Crippen LogP contribution in [0.5, 0.6) is 0 Å². The Labute approximate surface area is 95.2 Å². The highest BCUT2D eigenvalue weighted by Gasteiger charge is 2.31. The molecule has 0 nitrogen and oxygen atoms in total. The van der Waals surface area contributed by atoms with Crippen LogP contribution in [0.1, 0.15) is 17.5 Å². The lowest BCUT2D eigenvalue weighted by molar-refractivity contribution is -0.137. The molecule has 0 saturated heterocycles. The van der Waals surface area contributed by atoms with E-state index >= 15 is 0 Å². The highest BCUT2D eigenvalue weighted by molar-refractivity contribution is 6.18. The maximum absolute atomic E-state index is 12.9. The summed E-state index contributed by atoms with van der Waals surface area (Å²) < 4.78 is 49.8. The van der Waals surface area contributed by atoms with E-state index in [1.165, 1.54) is 0 Å². The van der Waals surface area contributed by atoms with Crippen LogP contribution in [0.3, 0.4) is 0 Å². The van der Waals surface area contributed by atoms with Crippen molar-refractivity contribution in [3.05, 3.63) is 35.1 Å². The van der Waals surface area contributed by atoms with Crippen LogP contribution in [0.4, 0.5) is 17.6 Å². The smallest absolute Gasteiger partial charge is 0.207 e. The van der Waals surface area contributed by atoms with Crippen LogP contribution in [0.15, 0.2) is 18.2 Å². The second-order valence-corrected chi connectivity index (χ2v) is 3.35. The predicted molar refractivity (Wildman–Crippen MR) is 53.6 cm³/mol. The number of benzene rings is 1. The molecule has 0 unspecified atom stereocenters. The van der Waals surface area contributed by atoms with Gasteiger partial charge in [-0.05, 0) is 18.2 Å². The van der Waals surface area contributed by atoms with Crippen LogP contribution in [0, 0.1) is 17.7 Å². The van der Waals surface area contributed by atoms with Gasteiger partial charge >= 0.3 is 6.18 Å². The van der Waals surface area contributed by atoms with Crippen molar-refractivity contribution in [2.75, 3.05) is 5.88 Å². The minimum absolute atomic E-state index is 0.00237. The Morgan fingerprint density at radius 3 is 2.44 bits per heavy atom. The van der Waals surface area contributed by atoms with Gasteiger partial charge in [-0.25, -0.2) is 4.39 Å². The third-order valence-corrected chi connectivity index (χ3v) is 1.87. The lowest BCUT2D eigenvalue weighted by Crippen LogP contribution is -2.05. The van der Waals surface area contributed by atoms with Crippen molar-refractivity contribution in [3.8, 4) is 11.8 Å². The largest absolute Gasteiger partial charge is 0.416 e. The van der Waals surface area contributed by atoms with Crippen molar-refractivity contribution >= 4 is 11.6 Å². The second kappa shape index (κ2) is 5.22. The zero-order chi connectivity index (χ0) is 12.2. The van der Waals surface area contributed by atoms with Gasteiger partial charge in [0.05, 0.1) is 5.56 Å². The summed E-state index contributed by atoms with van der Waals surface area (Å²) in [4.78, 5) is 0. The summed E-state index contributed by atoms with van der Waals surface area (Å²) >= 11 is 5.35. The average Bonchev–Trinajstić information content (AvgIpc) is 2.16. The zero-order valence-corrected chi connectivity index (χ0v) is 8.79. The average molecular weight is 251 g/mol. The molecule has 1 aromatic carbocycles. The molecule has 0 bridgehead atoms. The highest BCUT2D eigenvalue weighted by Crippen LogP contribution is 2.30. The first-order chi connectivity index (χ1) is 7.43. The molecule has 86 valence electrons. The molecule has 0 aliphatic carbocycles. The molecular formula is C11H7ClF4. The summed E-state index contributed by atoms with van der Waals surface area (Å²) in [5.74, 6) is 4.30. The van der Waals surface area contributed by atoms with Gasteiger partial charge in [-0.1, -0.05) is 11.8 Å². The minimum Gasteiger partial charge on any atom is -0.207 e. The second-order valence-electron chi connectivity index (χ2n) is 2.97. The Bertz CT molecular complexity index is 426. The van der Waals surface area contributed by atoms with Gasteiger partial charge in [-0.15, -0.1) is 11.6 Å². The van der Waals surface area contributed by atoms with Gasteiger partial charge in [0.15, 0.2) is 0 Å². The molecule has 0 amide bonds. The van der Waals surface area contributed by atoms with Crippen molar-refractivity contribution in [2.45, 2.75) is 12.6 Å². The molecule has 0 atom stereocenters. The maximum Gasteiger partial charge on any atom is 0.416 e. The van der Waals surface area contributed by atoms with Gasteiger partial charge in [-0.3, -0.25) is 0 Å². The Hall–Kier alpha value is -1.21. The van der Waals surface area contributed by atoms with E-state index in [2.05, 4.69) is 11.8 Å².